The summed E-state index contributed by atoms with van der Waals surface area (Å²) in [7, 11) is 1.54. The highest BCUT2D eigenvalue weighted by Crippen LogP contribution is 2.43. The topological polar surface area (TPSA) is 98.4 Å². The first-order valence-electron chi connectivity index (χ1n) is 13.3. The smallest absolute Gasteiger partial charge is 0.296 e. The molecule has 3 aromatic rings. The van der Waals surface area contributed by atoms with Gasteiger partial charge in [0.2, 0.25) is 0 Å². The molecule has 39 heavy (non-hydrogen) atoms. The Bertz CT molecular complexity index is 1290. The average molecular weight is 534 g/mol. The molecule has 0 aliphatic carbocycles. The molecule has 206 valence electrons. The van der Waals surface area contributed by atoms with E-state index in [0.29, 0.717) is 47.3 Å². The minimum absolute atomic E-state index is 0.00699. The van der Waals surface area contributed by atoms with Crippen LogP contribution in [0.25, 0.3) is 5.76 Å². The van der Waals surface area contributed by atoms with Crippen LogP contribution >= 0.6 is 0 Å². The highest BCUT2D eigenvalue weighted by Gasteiger charge is 2.46. The molecule has 0 bridgehead atoms. The first kappa shape index (κ1) is 27.8. The second kappa shape index (κ2) is 13.0. The quantitative estimate of drug-likeness (QED) is 0.120. The molecule has 1 unspecified atom stereocenters. The van der Waals surface area contributed by atoms with Crippen LogP contribution in [0, 0.1) is 0 Å². The Morgan fingerprint density at radius 3 is 2.41 bits per heavy atom. The predicted molar refractivity (Wildman–Crippen MR) is 147 cm³/mol. The molecular weight excluding hydrogens is 498 g/mol. The minimum atomic E-state index is -0.867. The number of ether oxygens (including phenoxy) is 3. The minimum Gasteiger partial charge on any atom is -0.507 e. The van der Waals surface area contributed by atoms with Gasteiger partial charge in [-0.3, -0.25) is 9.59 Å². The van der Waals surface area contributed by atoms with Crippen molar-refractivity contribution < 1.29 is 33.3 Å². The first-order chi connectivity index (χ1) is 19.0. The molecule has 1 aliphatic rings. The Morgan fingerprint density at radius 1 is 0.949 bits per heavy atom. The number of methoxy groups -OCH3 is 1. The van der Waals surface area contributed by atoms with E-state index in [2.05, 4.69) is 6.92 Å². The molecule has 8 heteroatoms. The fraction of sp³-hybridized carbons (Fsp3) is 0.355. The maximum absolute atomic E-state index is 13.4. The molecule has 1 N–H and O–H groups in total. The van der Waals surface area contributed by atoms with Gasteiger partial charge in [-0.1, -0.05) is 32.8 Å². The number of furan rings is 1. The van der Waals surface area contributed by atoms with E-state index < -0.39 is 17.7 Å². The summed E-state index contributed by atoms with van der Waals surface area (Å²) in [5, 5.41) is 11.4. The summed E-state index contributed by atoms with van der Waals surface area (Å²) in [4.78, 5) is 28.0. The number of aliphatic hydroxyl groups excluding tert-OH is 1. The van der Waals surface area contributed by atoms with Gasteiger partial charge in [0.1, 0.15) is 17.3 Å². The van der Waals surface area contributed by atoms with E-state index in [9.17, 15) is 14.7 Å². The molecule has 1 aliphatic heterocycles. The number of likely N-dealkylation sites (tertiary alicyclic amines) is 1. The van der Waals surface area contributed by atoms with Crippen molar-refractivity contribution in [2.45, 2.75) is 52.1 Å². The van der Waals surface area contributed by atoms with Gasteiger partial charge in [-0.15, -0.1) is 0 Å². The maximum Gasteiger partial charge on any atom is 0.296 e. The second-order valence-corrected chi connectivity index (χ2v) is 9.35. The molecule has 1 aromatic heterocycles. The number of nitrogens with zero attached hydrogens (tertiary/aromatic N) is 1. The lowest BCUT2D eigenvalue weighted by atomic mass is 9.95. The second-order valence-electron chi connectivity index (χ2n) is 9.35. The predicted octanol–water partition coefficient (Wildman–Crippen LogP) is 6.27. The van der Waals surface area contributed by atoms with Crippen LogP contribution in [0.2, 0.25) is 0 Å². The number of ketones is 1. The van der Waals surface area contributed by atoms with Gasteiger partial charge in [0.05, 0.1) is 44.7 Å². The lowest BCUT2D eigenvalue weighted by Crippen LogP contribution is -2.29. The molecule has 1 atom stereocenters. The van der Waals surface area contributed by atoms with E-state index in [1.807, 2.05) is 6.92 Å². The van der Waals surface area contributed by atoms with E-state index in [4.69, 9.17) is 18.6 Å². The van der Waals surface area contributed by atoms with Crippen molar-refractivity contribution in [2.24, 2.45) is 0 Å². The van der Waals surface area contributed by atoms with Crippen LogP contribution in [0.5, 0.6) is 17.2 Å². The standard InChI is InChI=1S/C31H35NO7/c1-4-6-7-17-39-25-15-12-22(19-26(25)36-3)28-27(29(33)21-10-13-23(14-11-21)37-16-5-2)30(34)31(35)32(28)20-24-9-8-18-38-24/h8-15,18-19,28,33H,4-7,16-17,20H2,1-3H3/b29-27-. The van der Waals surface area contributed by atoms with Gasteiger partial charge in [0, 0.05) is 5.56 Å². The molecule has 8 nitrogen and oxygen atoms in total. The molecular formula is C31H35NO7. The lowest BCUT2D eigenvalue weighted by Gasteiger charge is -2.25. The number of carbonyl (C=O) groups is 2. The first-order valence-corrected chi connectivity index (χ1v) is 13.3. The Kier molecular flexibility index (Phi) is 9.31. The van der Waals surface area contributed by atoms with Crippen molar-refractivity contribution in [1.29, 1.82) is 0 Å². The normalized spacial score (nSPS) is 16.5. The fourth-order valence-corrected chi connectivity index (χ4v) is 4.55. The van der Waals surface area contributed by atoms with E-state index in [1.165, 1.54) is 11.2 Å². The monoisotopic (exact) mass is 533 g/mol. The molecule has 1 saturated heterocycles. The van der Waals surface area contributed by atoms with Crippen molar-refractivity contribution in [3.05, 3.63) is 83.3 Å². The highest BCUT2D eigenvalue weighted by molar-refractivity contribution is 6.46. The number of carbonyl (C=O) groups excluding carboxylic acids is 2. The van der Waals surface area contributed by atoms with Crippen LogP contribution in [0.1, 0.15) is 62.5 Å². The van der Waals surface area contributed by atoms with Crippen molar-refractivity contribution in [3.63, 3.8) is 0 Å². The molecule has 4 rings (SSSR count). The van der Waals surface area contributed by atoms with Gasteiger partial charge < -0.3 is 28.6 Å². The maximum atomic E-state index is 13.4. The summed E-state index contributed by atoms with van der Waals surface area (Å²) >= 11 is 0. The summed E-state index contributed by atoms with van der Waals surface area (Å²) in [5.74, 6) is 0.466. The number of benzene rings is 2. The van der Waals surface area contributed by atoms with Crippen LogP contribution in [-0.2, 0) is 16.1 Å². The summed E-state index contributed by atoms with van der Waals surface area (Å²) in [6.45, 7) is 5.33. The molecule has 2 aromatic carbocycles. The molecule has 0 spiro atoms. The third kappa shape index (κ3) is 6.28. The largest absolute Gasteiger partial charge is 0.507 e. The number of amides is 1. The number of aliphatic hydroxyl groups is 1. The Labute approximate surface area is 228 Å². The summed E-state index contributed by atoms with van der Waals surface area (Å²) in [5.41, 5.74) is 0.998. The van der Waals surface area contributed by atoms with E-state index in [1.54, 1.807) is 61.7 Å². The SMILES string of the molecule is CCCCCOc1ccc(C2/C(=C(/O)c3ccc(OCCC)cc3)C(=O)C(=O)N2Cc2ccco2)cc1OC. The molecule has 2 heterocycles. The summed E-state index contributed by atoms with van der Waals surface area (Å²) < 4.78 is 22.6. The van der Waals surface area contributed by atoms with Crippen LogP contribution < -0.4 is 14.2 Å². The fourth-order valence-electron chi connectivity index (χ4n) is 4.55. The molecule has 0 saturated carbocycles. The van der Waals surface area contributed by atoms with Crippen molar-refractivity contribution in [2.75, 3.05) is 20.3 Å². The van der Waals surface area contributed by atoms with Gasteiger partial charge in [-0.2, -0.15) is 0 Å². The van der Waals surface area contributed by atoms with Crippen molar-refractivity contribution in [3.8, 4) is 17.2 Å². The van der Waals surface area contributed by atoms with Gasteiger partial charge in [0.15, 0.2) is 11.5 Å². The molecule has 0 radical (unpaired) electrons. The highest BCUT2D eigenvalue weighted by atomic mass is 16.5. The lowest BCUT2D eigenvalue weighted by molar-refractivity contribution is -0.140. The van der Waals surface area contributed by atoms with E-state index in [0.717, 1.165) is 25.7 Å². The molecule has 1 fully saturated rings. The Balaban J connectivity index is 1.75. The molecule has 1 amide bonds. The summed E-state index contributed by atoms with van der Waals surface area (Å²) in [6, 6.07) is 14.7. The van der Waals surface area contributed by atoms with Crippen LogP contribution in [-0.4, -0.2) is 42.0 Å². The van der Waals surface area contributed by atoms with Gasteiger partial charge in [-0.05, 0) is 66.9 Å². The third-order valence-electron chi connectivity index (χ3n) is 6.56. The number of rotatable bonds is 13. The Hall–Kier alpha value is -4.20. The number of hydrogen-bond donors (Lipinski definition) is 1. The van der Waals surface area contributed by atoms with E-state index >= 15 is 0 Å². The van der Waals surface area contributed by atoms with E-state index in [-0.39, 0.29) is 17.9 Å². The zero-order valence-corrected chi connectivity index (χ0v) is 22.6. The number of unbranched alkanes of at least 4 members (excludes halogenated alkanes) is 2. The van der Waals surface area contributed by atoms with Crippen LogP contribution in [0.4, 0.5) is 0 Å². The summed E-state index contributed by atoms with van der Waals surface area (Å²) in [6.07, 6.45) is 5.45. The van der Waals surface area contributed by atoms with Crippen LogP contribution in [0.15, 0.2) is 70.9 Å². The third-order valence-corrected chi connectivity index (χ3v) is 6.56. The van der Waals surface area contributed by atoms with Crippen LogP contribution in [0.3, 0.4) is 0 Å². The Morgan fingerprint density at radius 2 is 1.74 bits per heavy atom. The van der Waals surface area contributed by atoms with Gasteiger partial charge >= 0.3 is 0 Å². The van der Waals surface area contributed by atoms with Gasteiger partial charge in [-0.25, -0.2) is 0 Å². The zero-order chi connectivity index (χ0) is 27.8. The number of Topliss-reactive ketones (excluding diaryl/α,β-unsaturated/α-hetero) is 1. The number of hydrogen-bond acceptors (Lipinski definition) is 7. The van der Waals surface area contributed by atoms with Crippen molar-refractivity contribution >= 4 is 17.4 Å². The van der Waals surface area contributed by atoms with Gasteiger partial charge in [0.25, 0.3) is 11.7 Å². The average Bonchev–Trinajstić information content (AvgIpc) is 3.56. The van der Waals surface area contributed by atoms with Crippen molar-refractivity contribution in [1.82, 2.24) is 4.90 Å². The zero-order valence-electron chi connectivity index (χ0n) is 22.6.